The number of piperidine rings is 1. The lowest BCUT2D eigenvalue weighted by Crippen LogP contribution is -2.49. The molecule has 3 rings (SSSR count). The van der Waals surface area contributed by atoms with Crippen molar-refractivity contribution in [1.82, 2.24) is 4.31 Å². The zero-order valence-electron chi connectivity index (χ0n) is 15.4. The monoisotopic (exact) mass is 403 g/mol. The fourth-order valence-electron chi connectivity index (χ4n) is 3.12. The number of methoxy groups -OCH3 is 1. The van der Waals surface area contributed by atoms with Crippen LogP contribution in [0.25, 0.3) is 0 Å². The smallest absolute Gasteiger partial charge is 0.337 e. The Balaban J connectivity index is 1.78. The first-order valence-electron chi connectivity index (χ1n) is 8.90. The molecule has 1 saturated heterocycles. The van der Waals surface area contributed by atoms with Crippen molar-refractivity contribution in [3.8, 4) is 5.75 Å². The Morgan fingerprint density at radius 1 is 1.00 bits per heavy atom. The van der Waals surface area contributed by atoms with Crippen molar-refractivity contribution in [2.45, 2.75) is 30.2 Å². The van der Waals surface area contributed by atoms with Crippen molar-refractivity contribution < 1.29 is 27.5 Å². The van der Waals surface area contributed by atoms with Crippen LogP contribution in [0.3, 0.4) is 0 Å². The first kappa shape index (κ1) is 20.0. The highest BCUT2D eigenvalue weighted by atomic mass is 32.2. The summed E-state index contributed by atoms with van der Waals surface area (Å²) in [6.07, 6.45) is 1.82. The van der Waals surface area contributed by atoms with Crippen molar-refractivity contribution in [1.29, 1.82) is 0 Å². The number of nitrogens with zero attached hydrogens (tertiary/aromatic N) is 1. The lowest BCUT2D eigenvalue weighted by molar-refractivity contribution is -0.139. The number of esters is 2. The number of rotatable bonds is 5. The van der Waals surface area contributed by atoms with Gasteiger partial charge in [0, 0.05) is 6.54 Å². The normalized spacial score (nSPS) is 17.7. The molecule has 1 fully saturated rings. The molecule has 2 aromatic rings. The minimum absolute atomic E-state index is 0.150. The van der Waals surface area contributed by atoms with Gasteiger partial charge in [-0.05, 0) is 55.7 Å². The number of hydrogen-bond acceptors (Lipinski definition) is 6. The maximum atomic E-state index is 13.0. The standard InChI is InChI=1S/C20H21NO6S/c1-26-19(22)15-10-12-16(13-11-15)27-20(23)18-9-5-6-14-21(18)28(24,25)17-7-3-2-4-8-17/h2-4,7-8,10-13,18H,5-6,9,14H2,1H3/t18-/m0/s1. The summed E-state index contributed by atoms with van der Waals surface area (Å²) in [5.74, 6) is -0.893. The maximum Gasteiger partial charge on any atom is 0.337 e. The van der Waals surface area contributed by atoms with Crippen LogP contribution in [-0.2, 0) is 19.6 Å². The van der Waals surface area contributed by atoms with E-state index in [1.807, 2.05) is 0 Å². The quantitative estimate of drug-likeness (QED) is 0.563. The molecule has 0 radical (unpaired) electrons. The number of sulfonamides is 1. The summed E-state index contributed by atoms with van der Waals surface area (Å²) in [5, 5.41) is 0. The Morgan fingerprint density at radius 2 is 1.68 bits per heavy atom. The second-order valence-corrected chi connectivity index (χ2v) is 8.27. The van der Waals surface area contributed by atoms with E-state index in [1.54, 1.807) is 18.2 Å². The predicted molar refractivity (Wildman–Crippen MR) is 101 cm³/mol. The second kappa shape index (κ2) is 8.53. The molecule has 0 aliphatic carbocycles. The van der Waals surface area contributed by atoms with Crippen LogP contribution in [0.1, 0.15) is 29.6 Å². The highest BCUT2D eigenvalue weighted by Gasteiger charge is 2.38. The zero-order chi connectivity index (χ0) is 20.1. The fourth-order valence-corrected chi connectivity index (χ4v) is 4.79. The number of ether oxygens (including phenoxy) is 2. The van der Waals surface area contributed by atoms with E-state index in [4.69, 9.17) is 4.74 Å². The first-order valence-corrected chi connectivity index (χ1v) is 10.3. The molecule has 148 valence electrons. The van der Waals surface area contributed by atoms with Gasteiger partial charge < -0.3 is 9.47 Å². The van der Waals surface area contributed by atoms with E-state index in [2.05, 4.69) is 4.74 Å². The molecule has 28 heavy (non-hydrogen) atoms. The Morgan fingerprint density at radius 3 is 2.32 bits per heavy atom. The van der Waals surface area contributed by atoms with E-state index in [-0.39, 0.29) is 17.2 Å². The molecular formula is C20H21NO6S. The van der Waals surface area contributed by atoms with E-state index in [0.717, 1.165) is 6.42 Å². The van der Waals surface area contributed by atoms with E-state index in [0.29, 0.717) is 18.4 Å². The van der Waals surface area contributed by atoms with Gasteiger partial charge in [0.05, 0.1) is 17.6 Å². The molecule has 8 heteroatoms. The van der Waals surface area contributed by atoms with Gasteiger partial charge >= 0.3 is 11.9 Å². The summed E-state index contributed by atoms with van der Waals surface area (Å²) < 4.78 is 37.2. The van der Waals surface area contributed by atoms with Gasteiger partial charge in [-0.25, -0.2) is 18.0 Å². The fraction of sp³-hybridized carbons (Fsp3) is 0.300. The molecule has 7 nitrogen and oxygen atoms in total. The molecule has 0 bridgehead atoms. The van der Waals surface area contributed by atoms with E-state index < -0.39 is 28.0 Å². The van der Waals surface area contributed by atoms with Gasteiger partial charge in [0.2, 0.25) is 10.0 Å². The molecule has 2 aromatic carbocycles. The highest BCUT2D eigenvalue weighted by molar-refractivity contribution is 7.89. The topological polar surface area (TPSA) is 90.0 Å². The van der Waals surface area contributed by atoms with Crippen molar-refractivity contribution in [3.05, 3.63) is 60.2 Å². The minimum atomic E-state index is -3.80. The number of carbonyl (C=O) groups excluding carboxylic acids is 2. The summed E-state index contributed by atoms with van der Waals surface area (Å²) in [6, 6.07) is 13.1. The van der Waals surface area contributed by atoms with Gasteiger partial charge in [-0.1, -0.05) is 18.2 Å². The first-order chi connectivity index (χ1) is 13.4. The summed E-state index contributed by atoms with van der Waals surface area (Å²) >= 11 is 0. The summed E-state index contributed by atoms with van der Waals surface area (Å²) in [5.41, 5.74) is 0.327. The third kappa shape index (κ3) is 4.23. The number of hydrogen-bond donors (Lipinski definition) is 0. The Hall–Kier alpha value is -2.71. The van der Waals surface area contributed by atoms with Crippen molar-refractivity contribution in [2.75, 3.05) is 13.7 Å². The van der Waals surface area contributed by atoms with Gasteiger partial charge in [0.1, 0.15) is 11.8 Å². The number of carbonyl (C=O) groups is 2. The van der Waals surface area contributed by atoms with Crippen LogP contribution in [0, 0.1) is 0 Å². The zero-order valence-corrected chi connectivity index (χ0v) is 16.2. The molecule has 0 unspecified atom stereocenters. The molecule has 1 heterocycles. The van der Waals surface area contributed by atoms with Crippen molar-refractivity contribution >= 4 is 22.0 Å². The molecule has 0 N–H and O–H groups in total. The molecule has 1 aliphatic heterocycles. The molecule has 0 amide bonds. The van der Waals surface area contributed by atoms with E-state index in [1.165, 1.54) is 47.8 Å². The van der Waals surface area contributed by atoms with Gasteiger partial charge in [0.15, 0.2) is 0 Å². The summed E-state index contributed by atoms with van der Waals surface area (Å²) in [7, 11) is -2.52. The largest absolute Gasteiger partial charge is 0.465 e. The van der Waals surface area contributed by atoms with Gasteiger partial charge in [-0.15, -0.1) is 0 Å². The second-order valence-electron chi connectivity index (χ2n) is 6.38. The minimum Gasteiger partial charge on any atom is -0.465 e. The van der Waals surface area contributed by atoms with Crippen molar-refractivity contribution in [3.63, 3.8) is 0 Å². The Bertz CT molecular complexity index is 940. The average Bonchev–Trinajstić information content (AvgIpc) is 2.74. The number of benzene rings is 2. The molecule has 1 aliphatic rings. The van der Waals surface area contributed by atoms with Crippen LogP contribution in [0.2, 0.25) is 0 Å². The van der Waals surface area contributed by atoms with Crippen LogP contribution < -0.4 is 4.74 Å². The van der Waals surface area contributed by atoms with Gasteiger partial charge in [-0.2, -0.15) is 4.31 Å². The molecule has 1 atom stereocenters. The van der Waals surface area contributed by atoms with Crippen LogP contribution >= 0.6 is 0 Å². The lowest BCUT2D eigenvalue weighted by Gasteiger charge is -2.32. The Kier molecular flexibility index (Phi) is 6.11. The van der Waals surface area contributed by atoms with E-state index >= 15 is 0 Å². The van der Waals surface area contributed by atoms with Crippen LogP contribution in [0.5, 0.6) is 5.75 Å². The van der Waals surface area contributed by atoms with E-state index in [9.17, 15) is 18.0 Å². The van der Waals surface area contributed by atoms with Crippen LogP contribution in [-0.4, -0.2) is 44.4 Å². The third-order valence-corrected chi connectivity index (χ3v) is 6.49. The van der Waals surface area contributed by atoms with Gasteiger partial charge in [-0.3, -0.25) is 0 Å². The summed E-state index contributed by atoms with van der Waals surface area (Å²) in [6.45, 7) is 0.262. The molecule has 0 saturated carbocycles. The average molecular weight is 403 g/mol. The van der Waals surface area contributed by atoms with Crippen LogP contribution in [0.15, 0.2) is 59.5 Å². The third-order valence-electron chi connectivity index (χ3n) is 4.57. The van der Waals surface area contributed by atoms with Gasteiger partial charge in [0.25, 0.3) is 0 Å². The summed E-state index contributed by atoms with van der Waals surface area (Å²) in [4.78, 5) is 24.3. The molecule has 0 aromatic heterocycles. The van der Waals surface area contributed by atoms with Crippen molar-refractivity contribution in [2.24, 2.45) is 0 Å². The SMILES string of the molecule is COC(=O)c1ccc(OC(=O)[C@@H]2CCCCN2S(=O)(=O)c2ccccc2)cc1. The molecular weight excluding hydrogens is 382 g/mol. The lowest BCUT2D eigenvalue weighted by atomic mass is 10.1. The maximum absolute atomic E-state index is 13.0. The highest BCUT2D eigenvalue weighted by Crippen LogP contribution is 2.26. The predicted octanol–water partition coefficient (Wildman–Crippen LogP) is 2.62. The molecule has 0 spiro atoms. The Labute approximate surface area is 163 Å². The van der Waals surface area contributed by atoms with Crippen LogP contribution in [0.4, 0.5) is 0 Å².